The topological polar surface area (TPSA) is 99.2 Å². The van der Waals surface area contributed by atoms with Gasteiger partial charge in [0.05, 0.1) is 24.1 Å². The number of aryl methyl sites for hydroxylation is 1. The number of nitrogens with one attached hydrogen (secondary N) is 1. The smallest absolute Gasteiger partial charge is 0.280 e. The second-order valence-corrected chi connectivity index (χ2v) is 8.20. The maximum absolute atomic E-state index is 13.2. The van der Waals surface area contributed by atoms with Crippen molar-refractivity contribution in [2.75, 3.05) is 11.9 Å². The molecule has 0 saturated heterocycles. The number of thiophene rings is 1. The SMILES string of the molecule is CCOc1cn(-c2ccccc2)nc1C(=O)Nc1sc(C)c(-c2ccccc2)c1C(N)=O. The molecule has 3 N–H and O–H groups in total. The molecule has 2 aromatic carbocycles. The van der Waals surface area contributed by atoms with E-state index in [-0.39, 0.29) is 11.3 Å². The number of nitrogens with zero attached hydrogens (tertiary/aromatic N) is 2. The number of benzene rings is 2. The molecule has 0 aliphatic carbocycles. The quantitative estimate of drug-likeness (QED) is 0.431. The summed E-state index contributed by atoms with van der Waals surface area (Å²) < 4.78 is 7.23. The molecule has 2 heterocycles. The summed E-state index contributed by atoms with van der Waals surface area (Å²) in [6.45, 7) is 4.11. The van der Waals surface area contributed by atoms with Crippen LogP contribution in [-0.4, -0.2) is 28.2 Å². The highest BCUT2D eigenvalue weighted by molar-refractivity contribution is 7.17. The van der Waals surface area contributed by atoms with Crippen molar-refractivity contribution in [1.82, 2.24) is 9.78 Å². The van der Waals surface area contributed by atoms with Gasteiger partial charge in [0, 0.05) is 10.4 Å². The number of nitrogens with two attached hydrogens (primary N) is 1. The maximum Gasteiger partial charge on any atom is 0.280 e. The van der Waals surface area contributed by atoms with Gasteiger partial charge in [-0.2, -0.15) is 5.10 Å². The van der Waals surface area contributed by atoms with Crippen LogP contribution in [0.15, 0.2) is 66.9 Å². The van der Waals surface area contributed by atoms with E-state index in [2.05, 4.69) is 10.4 Å². The minimum absolute atomic E-state index is 0.124. The fourth-order valence-corrected chi connectivity index (χ4v) is 4.55. The molecule has 0 bridgehead atoms. The molecule has 162 valence electrons. The number of para-hydroxylation sites is 1. The van der Waals surface area contributed by atoms with E-state index in [1.54, 1.807) is 10.9 Å². The van der Waals surface area contributed by atoms with Gasteiger partial charge in [-0.25, -0.2) is 4.68 Å². The molecule has 0 saturated carbocycles. The summed E-state index contributed by atoms with van der Waals surface area (Å²) in [7, 11) is 0. The summed E-state index contributed by atoms with van der Waals surface area (Å²) in [6, 6.07) is 18.9. The van der Waals surface area contributed by atoms with E-state index in [4.69, 9.17) is 10.5 Å². The normalized spacial score (nSPS) is 10.7. The first-order valence-corrected chi connectivity index (χ1v) is 10.9. The Morgan fingerprint density at radius 1 is 1.09 bits per heavy atom. The molecule has 4 aromatic rings. The third kappa shape index (κ3) is 4.13. The Labute approximate surface area is 189 Å². The van der Waals surface area contributed by atoms with Crippen LogP contribution < -0.4 is 15.8 Å². The number of carbonyl (C=O) groups is 2. The van der Waals surface area contributed by atoms with E-state index < -0.39 is 11.8 Å². The number of aromatic nitrogens is 2. The van der Waals surface area contributed by atoms with Crippen LogP contribution in [0.5, 0.6) is 5.75 Å². The van der Waals surface area contributed by atoms with E-state index in [1.807, 2.05) is 74.5 Å². The Hall–Kier alpha value is -3.91. The summed E-state index contributed by atoms with van der Waals surface area (Å²) in [5.74, 6) is -0.735. The molecular weight excluding hydrogens is 424 g/mol. The minimum atomic E-state index is -0.608. The summed E-state index contributed by atoms with van der Waals surface area (Å²) >= 11 is 1.30. The largest absolute Gasteiger partial charge is 0.490 e. The molecular formula is C24H22N4O3S. The van der Waals surface area contributed by atoms with Gasteiger partial charge in [-0.05, 0) is 31.5 Å². The standard InChI is InChI=1S/C24H22N4O3S/c1-3-31-18-14-28(17-12-8-5-9-13-17)27-21(18)23(30)26-24-20(22(25)29)19(15(2)32-24)16-10-6-4-7-11-16/h4-14H,3H2,1-2H3,(H2,25,29)(H,26,30). The lowest BCUT2D eigenvalue weighted by Gasteiger charge is -2.07. The van der Waals surface area contributed by atoms with Crippen molar-refractivity contribution in [2.45, 2.75) is 13.8 Å². The van der Waals surface area contributed by atoms with Gasteiger partial charge in [0.15, 0.2) is 11.4 Å². The minimum Gasteiger partial charge on any atom is -0.490 e. The Kier molecular flexibility index (Phi) is 6.04. The molecule has 8 heteroatoms. The fraction of sp³-hybridized carbons (Fsp3) is 0.125. The summed E-state index contributed by atoms with van der Waals surface area (Å²) in [4.78, 5) is 26.4. The predicted molar refractivity (Wildman–Crippen MR) is 126 cm³/mol. The van der Waals surface area contributed by atoms with Crippen molar-refractivity contribution in [3.05, 3.63) is 83.0 Å². The van der Waals surface area contributed by atoms with Gasteiger partial charge in [-0.15, -0.1) is 11.3 Å². The third-order valence-electron chi connectivity index (χ3n) is 4.84. The molecule has 0 radical (unpaired) electrons. The van der Waals surface area contributed by atoms with Gasteiger partial charge >= 0.3 is 0 Å². The van der Waals surface area contributed by atoms with E-state index in [9.17, 15) is 9.59 Å². The van der Waals surface area contributed by atoms with Crippen molar-refractivity contribution in [3.8, 4) is 22.6 Å². The van der Waals surface area contributed by atoms with Gasteiger partial charge in [0.2, 0.25) is 0 Å². The molecule has 0 fully saturated rings. The zero-order valence-electron chi connectivity index (χ0n) is 17.7. The van der Waals surface area contributed by atoms with Crippen LogP contribution in [0, 0.1) is 6.92 Å². The van der Waals surface area contributed by atoms with Crippen LogP contribution in [0.1, 0.15) is 32.6 Å². The average Bonchev–Trinajstić information content (AvgIpc) is 3.36. The highest BCUT2D eigenvalue weighted by atomic mass is 32.1. The van der Waals surface area contributed by atoms with E-state index in [0.717, 1.165) is 21.7 Å². The fourth-order valence-electron chi connectivity index (χ4n) is 3.47. The van der Waals surface area contributed by atoms with Crippen LogP contribution in [0.3, 0.4) is 0 Å². The molecule has 0 atom stereocenters. The second kappa shape index (κ2) is 9.07. The third-order valence-corrected chi connectivity index (χ3v) is 5.86. The Morgan fingerprint density at radius 3 is 2.38 bits per heavy atom. The number of ether oxygens (including phenoxy) is 1. The van der Waals surface area contributed by atoms with Crippen molar-refractivity contribution in [2.24, 2.45) is 5.73 Å². The van der Waals surface area contributed by atoms with Gasteiger partial charge in [-0.3, -0.25) is 9.59 Å². The number of amides is 2. The summed E-state index contributed by atoms with van der Waals surface area (Å²) in [6.07, 6.45) is 1.66. The number of hydrogen-bond donors (Lipinski definition) is 2. The first-order valence-electron chi connectivity index (χ1n) is 10.1. The zero-order valence-corrected chi connectivity index (χ0v) is 18.5. The number of anilines is 1. The highest BCUT2D eigenvalue weighted by Crippen LogP contribution is 2.40. The molecule has 32 heavy (non-hydrogen) atoms. The first kappa shape index (κ1) is 21.3. The van der Waals surface area contributed by atoms with Crippen LogP contribution in [-0.2, 0) is 0 Å². The van der Waals surface area contributed by atoms with Crippen LogP contribution in [0.2, 0.25) is 0 Å². The number of hydrogen-bond acceptors (Lipinski definition) is 5. The van der Waals surface area contributed by atoms with Crippen molar-refractivity contribution >= 4 is 28.2 Å². The summed E-state index contributed by atoms with van der Waals surface area (Å²) in [5.41, 5.74) is 8.49. The monoisotopic (exact) mass is 446 g/mol. The molecule has 0 aliphatic heterocycles. The lowest BCUT2D eigenvalue weighted by molar-refractivity contribution is 0.100. The van der Waals surface area contributed by atoms with Crippen molar-refractivity contribution in [3.63, 3.8) is 0 Å². The Morgan fingerprint density at radius 2 is 1.75 bits per heavy atom. The Bertz CT molecular complexity index is 1260. The highest BCUT2D eigenvalue weighted by Gasteiger charge is 2.25. The van der Waals surface area contributed by atoms with Crippen LogP contribution >= 0.6 is 11.3 Å². The van der Waals surface area contributed by atoms with Crippen molar-refractivity contribution in [1.29, 1.82) is 0 Å². The molecule has 0 spiro atoms. The van der Waals surface area contributed by atoms with E-state index in [0.29, 0.717) is 17.4 Å². The predicted octanol–water partition coefficient (Wildman–Crippen LogP) is 4.66. The van der Waals surface area contributed by atoms with Crippen LogP contribution in [0.25, 0.3) is 16.8 Å². The molecule has 0 unspecified atom stereocenters. The Balaban J connectivity index is 1.72. The molecule has 2 amide bonds. The lowest BCUT2D eigenvalue weighted by Crippen LogP contribution is -2.18. The van der Waals surface area contributed by atoms with E-state index in [1.165, 1.54) is 11.3 Å². The molecule has 7 nitrogen and oxygen atoms in total. The number of primary amides is 1. The number of carbonyl (C=O) groups excluding carboxylic acids is 2. The van der Waals surface area contributed by atoms with Gasteiger partial charge in [-0.1, -0.05) is 48.5 Å². The molecule has 4 rings (SSSR count). The zero-order chi connectivity index (χ0) is 22.7. The van der Waals surface area contributed by atoms with Gasteiger partial charge in [0.1, 0.15) is 5.00 Å². The van der Waals surface area contributed by atoms with E-state index >= 15 is 0 Å². The molecule has 2 aromatic heterocycles. The van der Waals surface area contributed by atoms with Gasteiger partial charge in [0.25, 0.3) is 11.8 Å². The molecule has 0 aliphatic rings. The maximum atomic E-state index is 13.2. The van der Waals surface area contributed by atoms with Crippen molar-refractivity contribution < 1.29 is 14.3 Å². The van der Waals surface area contributed by atoms with Crippen LogP contribution in [0.4, 0.5) is 5.00 Å². The summed E-state index contributed by atoms with van der Waals surface area (Å²) in [5, 5.41) is 7.64. The average molecular weight is 447 g/mol. The van der Waals surface area contributed by atoms with Gasteiger partial charge < -0.3 is 15.8 Å². The second-order valence-electron chi connectivity index (χ2n) is 6.98. The first-order chi connectivity index (χ1) is 15.5. The number of rotatable bonds is 7. The lowest BCUT2D eigenvalue weighted by atomic mass is 10.0.